The molecule has 0 spiro atoms. The van der Waals surface area contributed by atoms with Crippen molar-refractivity contribution in [1.82, 2.24) is 0 Å². The molecule has 0 amide bonds. The number of hydrogen-bond donors (Lipinski definition) is 0. The van der Waals surface area contributed by atoms with Crippen LogP contribution in [0.15, 0.2) is 91.0 Å². The maximum absolute atomic E-state index is 13.2. The summed E-state index contributed by atoms with van der Waals surface area (Å²) >= 11 is 0. The average Bonchev–Trinajstić information content (AvgIpc) is 3.44. The number of hydrogen-bond acceptors (Lipinski definition) is 1. The fourth-order valence-corrected chi connectivity index (χ4v) is 3.35. The maximum Gasteiger partial charge on any atom is 0.181 e. The largest absolute Gasteiger partial charge is 0.292 e. The predicted octanol–water partition coefficient (Wildman–Crippen LogP) is 5.09. The first-order valence-corrected chi connectivity index (χ1v) is 8.53. The Morgan fingerprint density at radius 1 is 0.800 bits per heavy atom. The van der Waals surface area contributed by atoms with Gasteiger partial charge >= 0.3 is 0 Å². The molecule has 0 aromatic heterocycles. The predicted molar refractivity (Wildman–Crippen MR) is 100 cm³/mol. The maximum atomic E-state index is 13.2. The van der Waals surface area contributed by atoms with E-state index in [9.17, 15) is 4.79 Å². The van der Waals surface area contributed by atoms with Gasteiger partial charge in [0, 0.05) is 17.0 Å². The first-order chi connectivity index (χ1) is 12.3. The second-order valence-corrected chi connectivity index (χ2v) is 6.45. The van der Waals surface area contributed by atoms with Crippen LogP contribution in [0.5, 0.6) is 0 Å². The van der Waals surface area contributed by atoms with Crippen LogP contribution in [-0.2, 0) is 0 Å². The van der Waals surface area contributed by atoms with E-state index in [1.54, 1.807) is 0 Å². The smallest absolute Gasteiger partial charge is 0.181 e. The Morgan fingerprint density at radius 3 is 2.00 bits per heavy atom. The zero-order chi connectivity index (χ0) is 17.1. The minimum absolute atomic E-state index is 0.130. The van der Waals surface area contributed by atoms with Crippen LogP contribution in [-0.4, -0.2) is 5.78 Å². The summed E-state index contributed by atoms with van der Waals surface area (Å²) in [5, 5.41) is 0. The van der Waals surface area contributed by atoms with E-state index >= 15 is 0 Å². The van der Waals surface area contributed by atoms with Gasteiger partial charge < -0.3 is 0 Å². The van der Waals surface area contributed by atoms with E-state index in [2.05, 4.69) is 24.0 Å². The van der Waals surface area contributed by atoms with Crippen LogP contribution in [0.25, 0.3) is 0 Å². The summed E-state index contributed by atoms with van der Waals surface area (Å²) in [6, 6.07) is 29.6. The lowest BCUT2D eigenvalue weighted by molar-refractivity contribution is 0.0932. The van der Waals surface area contributed by atoms with E-state index in [1.807, 2.05) is 78.9 Å². The fraction of sp³-hybridized carbons (Fsp3) is 0.125. The number of ketones is 1. The van der Waals surface area contributed by atoms with Gasteiger partial charge in [0.2, 0.25) is 0 Å². The van der Waals surface area contributed by atoms with Gasteiger partial charge in [0.25, 0.3) is 0 Å². The Bertz CT molecular complexity index is 933. The van der Waals surface area contributed by atoms with Gasteiger partial charge in [0.15, 0.2) is 5.78 Å². The van der Waals surface area contributed by atoms with Crippen LogP contribution in [0.3, 0.4) is 0 Å². The van der Waals surface area contributed by atoms with Gasteiger partial charge in [-0.3, -0.25) is 4.79 Å². The van der Waals surface area contributed by atoms with Crippen molar-refractivity contribution in [3.05, 3.63) is 108 Å². The van der Waals surface area contributed by atoms with Gasteiger partial charge in [-0.15, -0.1) is 0 Å². The SMILES string of the molecule is O=C(c1ccccc1)[C@]1(C#Cc2ccccc2)C[C@H]1c1ccccc1. The lowest BCUT2D eigenvalue weighted by Gasteiger charge is -2.10. The van der Waals surface area contributed by atoms with Gasteiger partial charge in [-0.1, -0.05) is 90.7 Å². The van der Waals surface area contributed by atoms with Gasteiger partial charge in [-0.05, 0) is 24.1 Å². The van der Waals surface area contributed by atoms with Gasteiger partial charge in [0.05, 0.1) is 0 Å². The van der Waals surface area contributed by atoms with Crippen molar-refractivity contribution >= 4 is 5.78 Å². The molecule has 4 rings (SSSR count). The third-order valence-electron chi connectivity index (χ3n) is 4.81. The normalized spacial score (nSPS) is 21.0. The molecule has 0 bridgehead atoms. The van der Waals surface area contributed by atoms with E-state index in [1.165, 1.54) is 5.56 Å². The van der Waals surface area contributed by atoms with Crippen LogP contribution in [0, 0.1) is 17.3 Å². The topological polar surface area (TPSA) is 17.1 Å². The average molecular weight is 322 g/mol. The second-order valence-electron chi connectivity index (χ2n) is 6.45. The summed E-state index contributed by atoms with van der Waals surface area (Å²) in [5.74, 6) is 6.86. The Kier molecular flexibility index (Phi) is 3.96. The van der Waals surface area contributed by atoms with Crippen molar-refractivity contribution in [3.63, 3.8) is 0 Å². The van der Waals surface area contributed by atoms with Gasteiger partial charge in [0.1, 0.15) is 5.41 Å². The monoisotopic (exact) mass is 322 g/mol. The molecule has 0 heterocycles. The Morgan fingerprint density at radius 2 is 1.36 bits per heavy atom. The molecule has 0 radical (unpaired) electrons. The van der Waals surface area contributed by atoms with E-state index < -0.39 is 5.41 Å². The van der Waals surface area contributed by atoms with E-state index in [0.29, 0.717) is 0 Å². The molecule has 0 N–H and O–H groups in total. The quantitative estimate of drug-likeness (QED) is 0.484. The van der Waals surface area contributed by atoms with Crippen LogP contribution < -0.4 is 0 Å². The Labute approximate surface area is 148 Å². The molecule has 1 fully saturated rings. The number of Topliss-reactive ketones (excluding diaryl/α,β-unsaturated/α-hetero) is 1. The molecule has 0 aliphatic heterocycles. The number of rotatable bonds is 3. The van der Waals surface area contributed by atoms with Crippen LogP contribution in [0.2, 0.25) is 0 Å². The molecule has 0 unspecified atom stereocenters. The number of carbonyl (C=O) groups is 1. The molecule has 0 saturated heterocycles. The van der Waals surface area contributed by atoms with E-state index in [4.69, 9.17) is 0 Å². The zero-order valence-electron chi connectivity index (χ0n) is 13.9. The van der Waals surface area contributed by atoms with Crippen molar-refractivity contribution in [1.29, 1.82) is 0 Å². The van der Waals surface area contributed by atoms with Crippen molar-refractivity contribution in [2.24, 2.45) is 5.41 Å². The minimum atomic E-state index is -0.613. The standard InChI is InChI=1S/C24H18O/c25-23(21-14-8-3-9-15-21)24(17-16-19-10-4-1-5-11-19)18-22(24)20-12-6-2-7-13-20/h1-15,22H,18H2/t22-,24+/m0/s1. The zero-order valence-corrected chi connectivity index (χ0v) is 13.9. The molecule has 1 saturated carbocycles. The third kappa shape index (κ3) is 2.99. The first kappa shape index (κ1) is 15.4. The Hall–Kier alpha value is -3.11. The number of carbonyl (C=O) groups excluding carboxylic acids is 1. The molecule has 2 atom stereocenters. The molecular formula is C24H18O. The summed E-state index contributed by atoms with van der Waals surface area (Å²) in [7, 11) is 0. The summed E-state index contributed by atoms with van der Waals surface area (Å²) < 4.78 is 0. The molecule has 25 heavy (non-hydrogen) atoms. The molecule has 120 valence electrons. The highest BCUT2D eigenvalue weighted by molar-refractivity contribution is 6.05. The van der Waals surface area contributed by atoms with E-state index in [0.717, 1.165) is 17.5 Å². The summed E-state index contributed by atoms with van der Waals surface area (Å²) in [4.78, 5) is 13.2. The van der Waals surface area contributed by atoms with Crippen molar-refractivity contribution in [3.8, 4) is 11.8 Å². The molecular weight excluding hydrogens is 304 g/mol. The lowest BCUT2D eigenvalue weighted by atomic mass is 9.90. The number of benzene rings is 3. The van der Waals surface area contributed by atoms with Gasteiger partial charge in [-0.2, -0.15) is 0 Å². The first-order valence-electron chi connectivity index (χ1n) is 8.53. The van der Waals surface area contributed by atoms with Gasteiger partial charge in [-0.25, -0.2) is 0 Å². The van der Waals surface area contributed by atoms with Crippen molar-refractivity contribution < 1.29 is 4.79 Å². The second kappa shape index (κ2) is 6.42. The molecule has 1 heteroatoms. The van der Waals surface area contributed by atoms with E-state index in [-0.39, 0.29) is 11.7 Å². The highest BCUT2D eigenvalue weighted by Gasteiger charge is 2.59. The van der Waals surface area contributed by atoms with Crippen LogP contribution in [0.1, 0.15) is 33.8 Å². The van der Waals surface area contributed by atoms with Crippen LogP contribution >= 0.6 is 0 Å². The highest BCUT2D eigenvalue weighted by atomic mass is 16.1. The highest BCUT2D eigenvalue weighted by Crippen LogP contribution is 2.60. The summed E-state index contributed by atoms with van der Waals surface area (Å²) in [6.07, 6.45) is 0.782. The Balaban J connectivity index is 1.73. The van der Waals surface area contributed by atoms with Crippen molar-refractivity contribution in [2.75, 3.05) is 0 Å². The molecule has 3 aromatic carbocycles. The minimum Gasteiger partial charge on any atom is -0.292 e. The lowest BCUT2D eigenvalue weighted by Crippen LogP contribution is -2.16. The molecule has 1 aliphatic carbocycles. The molecule has 1 nitrogen and oxygen atoms in total. The molecule has 3 aromatic rings. The fourth-order valence-electron chi connectivity index (χ4n) is 3.35. The van der Waals surface area contributed by atoms with Crippen molar-refractivity contribution in [2.45, 2.75) is 12.3 Å². The summed E-state index contributed by atoms with van der Waals surface area (Å²) in [5.41, 5.74) is 2.26. The van der Waals surface area contributed by atoms with Crippen LogP contribution in [0.4, 0.5) is 0 Å². The third-order valence-corrected chi connectivity index (χ3v) is 4.81. The molecule has 1 aliphatic rings. The summed E-state index contributed by atoms with van der Waals surface area (Å²) in [6.45, 7) is 0.